The number of carbonyl (C=O) groups excluding carboxylic acids is 1. The average Bonchev–Trinajstić information content (AvgIpc) is 3.25. The highest BCUT2D eigenvalue weighted by molar-refractivity contribution is 7.93. The molecule has 9 heteroatoms. The predicted molar refractivity (Wildman–Crippen MR) is 133 cm³/mol. The van der Waals surface area contributed by atoms with E-state index in [0.29, 0.717) is 16.1 Å². The van der Waals surface area contributed by atoms with Crippen LogP contribution in [-0.2, 0) is 24.9 Å². The van der Waals surface area contributed by atoms with Gasteiger partial charge in [0.2, 0.25) is 0 Å². The van der Waals surface area contributed by atoms with E-state index in [9.17, 15) is 13.2 Å². The van der Waals surface area contributed by atoms with Crippen molar-refractivity contribution < 1.29 is 22.7 Å². The molecular formula is C24H26ClNO5S2. The Bertz CT molecular complexity index is 1260. The molecule has 0 atom stereocenters. The van der Waals surface area contributed by atoms with Crippen molar-refractivity contribution in [1.82, 2.24) is 0 Å². The minimum Gasteiger partial charge on any atom is -0.465 e. The monoisotopic (exact) mass is 507 g/mol. The molecule has 1 aromatic heterocycles. The lowest BCUT2D eigenvalue weighted by Gasteiger charge is -2.26. The van der Waals surface area contributed by atoms with Crippen LogP contribution in [0.3, 0.4) is 0 Å². The Morgan fingerprint density at radius 2 is 1.82 bits per heavy atom. The Labute approximate surface area is 203 Å². The molecule has 0 spiro atoms. The third kappa shape index (κ3) is 5.24. The highest BCUT2D eigenvalue weighted by Crippen LogP contribution is 2.38. The number of carbonyl (C=O) groups is 1. The van der Waals surface area contributed by atoms with Crippen molar-refractivity contribution in [2.24, 2.45) is 0 Å². The number of thiophene rings is 1. The first kappa shape index (κ1) is 25.2. The van der Waals surface area contributed by atoms with E-state index in [1.807, 2.05) is 12.1 Å². The summed E-state index contributed by atoms with van der Waals surface area (Å²) in [7, 11) is -1.49. The number of methoxy groups -OCH3 is 2. The van der Waals surface area contributed by atoms with Crippen LogP contribution in [-0.4, -0.2) is 35.3 Å². The topological polar surface area (TPSA) is 72.9 Å². The molecular weight excluding hydrogens is 482 g/mol. The van der Waals surface area contributed by atoms with E-state index in [-0.39, 0.29) is 27.6 Å². The van der Waals surface area contributed by atoms with E-state index in [1.54, 1.807) is 41.8 Å². The molecule has 0 aliphatic rings. The maximum absolute atomic E-state index is 14.0. The molecule has 0 aliphatic heterocycles. The second kappa shape index (κ2) is 9.85. The summed E-state index contributed by atoms with van der Waals surface area (Å²) < 4.78 is 39.1. The van der Waals surface area contributed by atoms with Crippen LogP contribution in [0, 0.1) is 0 Å². The summed E-state index contributed by atoms with van der Waals surface area (Å²) in [4.78, 5) is 12.5. The second-order valence-corrected chi connectivity index (χ2v) is 11.6. The minimum absolute atomic E-state index is 0.0804. The summed E-state index contributed by atoms with van der Waals surface area (Å²) in [6.07, 6.45) is 0. The molecule has 6 nitrogen and oxygen atoms in total. The van der Waals surface area contributed by atoms with Crippen LogP contribution < -0.4 is 4.31 Å². The molecule has 0 amide bonds. The summed E-state index contributed by atoms with van der Waals surface area (Å²) in [5.74, 6) is -0.616. The van der Waals surface area contributed by atoms with E-state index in [1.165, 1.54) is 14.2 Å². The molecule has 0 bridgehead atoms. The first-order valence-electron chi connectivity index (χ1n) is 10.1. The SMILES string of the molecule is COCN(c1ccsc1C(=O)OC)S(=O)(=O)c1ccc(C(C)(C)C)cc1-c1cccc(Cl)c1. The predicted octanol–water partition coefficient (Wildman–Crippen LogP) is 5.95. The molecule has 0 unspecified atom stereocenters. The first-order chi connectivity index (χ1) is 15.5. The number of hydrogen-bond donors (Lipinski definition) is 0. The lowest BCUT2D eigenvalue weighted by Crippen LogP contribution is -2.34. The number of halogens is 1. The Morgan fingerprint density at radius 3 is 2.42 bits per heavy atom. The highest BCUT2D eigenvalue weighted by atomic mass is 35.5. The fourth-order valence-corrected chi connectivity index (χ4v) is 6.00. The maximum atomic E-state index is 14.0. The van der Waals surface area contributed by atoms with Gasteiger partial charge in [-0.2, -0.15) is 0 Å². The Kier molecular flexibility index (Phi) is 7.53. The zero-order chi connectivity index (χ0) is 24.4. The molecule has 3 rings (SSSR count). The summed E-state index contributed by atoms with van der Waals surface area (Å²) in [5, 5.41) is 2.14. The van der Waals surface area contributed by atoms with E-state index in [2.05, 4.69) is 20.8 Å². The summed E-state index contributed by atoms with van der Waals surface area (Å²) >= 11 is 7.33. The molecule has 0 radical (unpaired) electrons. The van der Waals surface area contributed by atoms with E-state index < -0.39 is 16.0 Å². The summed E-state index contributed by atoms with van der Waals surface area (Å²) in [5.41, 5.74) is 2.16. The normalized spacial score (nSPS) is 11.9. The van der Waals surface area contributed by atoms with E-state index in [4.69, 9.17) is 21.1 Å². The van der Waals surface area contributed by atoms with Gasteiger partial charge in [0.1, 0.15) is 11.6 Å². The number of sulfonamides is 1. The number of ether oxygens (including phenoxy) is 2. The lowest BCUT2D eigenvalue weighted by atomic mass is 9.85. The zero-order valence-electron chi connectivity index (χ0n) is 19.1. The first-order valence-corrected chi connectivity index (χ1v) is 12.8. The van der Waals surface area contributed by atoms with Crippen molar-refractivity contribution in [1.29, 1.82) is 0 Å². The van der Waals surface area contributed by atoms with Gasteiger partial charge < -0.3 is 9.47 Å². The third-order valence-electron chi connectivity index (χ3n) is 5.08. The Hall–Kier alpha value is -2.39. The smallest absolute Gasteiger partial charge is 0.350 e. The van der Waals surface area contributed by atoms with Crippen LogP contribution in [0.1, 0.15) is 36.0 Å². The minimum atomic E-state index is -4.14. The Morgan fingerprint density at radius 1 is 1.09 bits per heavy atom. The molecule has 0 N–H and O–H groups in total. The van der Waals surface area contributed by atoms with Crippen molar-refractivity contribution in [2.45, 2.75) is 31.1 Å². The van der Waals surface area contributed by atoms with Gasteiger partial charge in [0.25, 0.3) is 10.0 Å². The van der Waals surface area contributed by atoms with Gasteiger partial charge in [0.15, 0.2) is 0 Å². The number of nitrogens with zero attached hydrogens (tertiary/aromatic N) is 1. The molecule has 3 aromatic rings. The molecule has 0 fully saturated rings. The number of hydrogen-bond acceptors (Lipinski definition) is 6. The second-order valence-electron chi connectivity index (χ2n) is 8.37. The molecule has 0 aliphatic carbocycles. The van der Waals surface area contributed by atoms with Crippen LogP contribution in [0.15, 0.2) is 58.8 Å². The summed E-state index contributed by atoms with van der Waals surface area (Å²) in [6, 6.07) is 13.9. The molecule has 0 saturated heterocycles. The van der Waals surface area contributed by atoms with E-state index >= 15 is 0 Å². The van der Waals surface area contributed by atoms with Crippen LogP contribution in [0.25, 0.3) is 11.1 Å². The van der Waals surface area contributed by atoms with Gasteiger partial charge in [0.05, 0.1) is 17.7 Å². The third-order valence-corrected chi connectivity index (χ3v) is 7.99. The van der Waals surface area contributed by atoms with E-state index in [0.717, 1.165) is 21.2 Å². The van der Waals surface area contributed by atoms with Gasteiger partial charge in [-0.15, -0.1) is 11.3 Å². The Balaban J connectivity index is 2.27. The fraction of sp³-hybridized carbons (Fsp3) is 0.292. The summed E-state index contributed by atoms with van der Waals surface area (Å²) in [6.45, 7) is 5.90. The number of anilines is 1. The fourth-order valence-electron chi connectivity index (χ4n) is 3.35. The van der Waals surface area contributed by atoms with Crippen LogP contribution >= 0.6 is 22.9 Å². The van der Waals surface area contributed by atoms with Crippen molar-refractivity contribution in [3.63, 3.8) is 0 Å². The van der Waals surface area contributed by atoms with Crippen molar-refractivity contribution >= 4 is 44.6 Å². The quantitative estimate of drug-likeness (QED) is 0.292. The van der Waals surface area contributed by atoms with Gasteiger partial charge in [-0.05, 0) is 52.3 Å². The van der Waals surface area contributed by atoms with Gasteiger partial charge in [0, 0.05) is 17.7 Å². The molecule has 2 aromatic carbocycles. The largest absolute Gasteiger partial charge is 0.465 e. The van der Waals surface area contributed by atoms with Crippen molar-refractivity contribution in [3.05, 3.63) is 69.4 Å². The van der Waals surface area contributed by atoms with Gasteiger partial charge in [-0.3, -0.25) is 0 Å². The van der Waals surface area contributed by atoms with Crippen molar-refractivity contribution in [3.8, 4) is 11.1 Å². The van der Waals surface area contributed by atoms with Crippen LogP contribution in [0.4, 0.5) is 5.69 Å². The van der Waals surface area contributed by atoms with Gasteiger partial charge in [-0.1, -0.05) is 50.6 Å². The van der Waals surface area contributed by atoms with Crippen LogP contribution in [0.5, 0.6) is 0 Å². The number of esters is 1. The standard InChI is InChI=1S/C24H26ClNO5S2/c1-24(2,3)17-9-10-21(19(14-17)16-7-6-8-18(25)13-16)33(28,29)26(15-30-4)20-11-12-32-22(20)23(27)31-5/h6-14H,15H2,1-5H3. The van der Waals surface area contributed by atoms with Crippen molar-refractivity contribution in [2.75, 3.05) is 25.3 Å². The number of rotatable bonds is 7. The molecule has 176 valence electrons. The zero-order valence-corrected chi connectivity index (χ0v) is 21.5. The lowest BCUT2D eigenvalue weighted by molar-refractivity contribution is 0.0607. The highest BCUT2D eigenvalue weighted by Gasteiger charge is 2.32. The van der Waals surface area contributed by atoms with Crippen LogP contribution in [0.2, 0.25) is 5.02 Å². The average molecular weight is 508 g/mol. The molecule has 0 saturated carbocycles. The van der Waals surface area contributed by atoms with Gasteiger partial charge in [-0.25, -0.2) is 17.5 Å². The maximum Gasteiger partial charge on any atom is 0.350 e. The molecule has 1 heterocycles. The molecule has 33 heavy (non-hydrogen) atoms. The number of benzene rings is 2. The van der Waals surface area contributed by atoms with Gasteiger partial charge >= 0.3 is 5.97 Å².